The third-order valence-corrected chi connectivity index (χ3v) is 6.89. The van der Waals surface area contributed by atoms with Crippen LogP contribution in [0.1, 0.15) is 11.1 Å². The van der Waals surface area contributed by atoms with Gasteiger partial charge in [-0.1, -0.05) is 6.07 Å². The first-order valence-electron chi connectivity index (χ1n) is 11.9. The number of nitrogens with zero attached hydrogens (tertiary/aromatic N) is 5. The standard InChI is InChI=1S/C26H33N5O2/c1-19-15-22(16-20(2)26(19)32)21-3-4-23-24(17-21)28-25(18-27-23)31-9-7-29(8-10-31)5-6-30-11-13-33-14-12-30/h3-4,15-18,32H,5-14H2,1-2H3. The summed E-state index contributed by atoms with van der Waals surface area (Å²) in [5, 5.41) is 10.1. The molecule has 3 aromatic rings. The van der Waals surface area contributed by atoms with Crippen molar-refractivity contribution >= 4 is 16.9 Å². The van der Waals surface area contributed by atoms with Crippen LogP contribution in [-0.2, 0) is 4.74 Å². The molecule has 2 fully saturated rings. The molecule has 3 heterocycles. The van der Waals surface area contributed by atoms with Crippen LogP contribution in [0.5, 0.6) is 5.75 Å². The Morgan fingerprint density at radius 2 is 1.48 bits per heavy atom. The largest absolute Gasteiger partial charge is 0.507 e. The summed E-state index contributed by atoms with van der Waals surface area (Å²) in [4.78, 5) is 17.0. The highest BCUT2D eigenvalue weighted by Crippen LogP contribution is 2.30. The lowest BCUT2D eigenvalue weighted by atomic mass is 9.99. The monoisotopic (exact) mass is 447 g/mol. The van der Waals surface area contributed by atoms with E-state index in [1.807, 2.05) is 38.2 Å². The number of phenolic OH excluding ortho intramolecular Hbond substituents is 1. The molecule has 1 aromatic heterocycles. The molecule has 0 saturated carbocycles. The van der Waals surface area contributed by atoms with Crippen LogP contribution in [0, 0.1) is 13.8 Å². The number of piperazine rings is 1. The summed E-state index contributed by atoms with van der Waals surface area (Å²) >= 11 is 0. The van der Waals surface area contributed by atoms with Crippen LogP contribution in [0.3, 0.4) is 0 Å². The van der Waals surface area contributed by atoms with Crippen molar-refractivity contribution in [2.45, 2.75) is 13.8 Å². The maximum atomic E-state index is 10.1. The Balaban J connectivity index is 1.26. The van der Waals surface area contributed by atoms with Crippen LogP contribution < -0.4 is 4.90 Å². The average molecular weight is 448 g/mol. The van der Waals surface area contributed by atoms with E-state index in [0.29, 0.717) is 5.75 Å². The molecule has 2 saturated heterocycles. The highest BCUT2D eigenvalue weighted by Gasteiger charge is 2.20. The van der Waals surface area contributed by atoms with E-state index in [1.54, 1.807) is 0 Å². The minimum Gasteiger partial charge on any atom is -0.507 e. The molecular weight excluding hydrogens is 414 g/mol. The van der Waals surface area contributed by atoms with Crippen molar-refractivity contribution in [3.05, 3.63) is 47.7 Å². The fourth-order valence-electron chi connectivity index (χ4n) is 4.76. The summed E-state index contributed by atoms with van der Waals surface area (Å²) in [5.74, 6) is 1.32. The predicted octanol–water partition coefficient (Wildman–Crippen LogP) is 3.07. The number of fused-ring (bicyclic) bond motifs is 1. The molecule has 0 aliphatic carbocycles. The maximum Gasteiger partial charge on any atom is 0.147 e. The first-order valence-corrected chi connectivity index (χ1v) is 11.9. The SMILES string of the molecule is Cc1cc(-c2ccc3ncc(N4CCN(CCN5CCOCC5)CC4)nc3c2)cc(C)c1O. The number of phenols is 1. The zero-order valence-electron chi connectivity index (χ0n) is 19.6. The minimum atomic E-state index is 0.366. The summed E-state index contributed by atoms with van der Waals surface area (Å²) in [6, 6.07) is 10.3. The lowest BCUT2D eigenvalue weighted by Crippen LogP contribution is -2.49. The highest BCUT2D eigenvalue weighted by molar-refractivity contribution is 5.82. The zero-order valence-corrected chi connectivity index (χ0v) is 19.6. The van der Waals surface area contributed by atoms with Gasteiger partial charge >= 0.3 is 0 Å². The molecular formula is C26H33N5O2. The second kappa shape index (κ2) is 9.63. The molecule has 0 unspecified atom stereocenters. The number of aryl methyl sites for hydroxylation is 2. The third kappa shape index (κ3) is 4.95. The van der Waals surface area contributed by atoms with Crippen molar-refractivity contribution in [2.24, 2.45) is 0 Å². The van der Waals surface area contributed by atoms with E-state index in [0.717, 1.165) is 105 Å². The van der Waals surface area contributed by atoms with E-state index < -0.39 is 0 Å². The van der Waals surface area contributed by atoms with Crippen LogP contribution >= 0.6 is 0 Å². The van der Waals surface area contributed by atoms with E-state index in [9.17, 15) is 5.11 Å². The van der Waals surface area contributed by atoms with Gasteiger partial charge in [-0.25, -0.2) is 4.98 Å². The molecule has 2 aliphatic heterocycles. The summed E-state index contributed by atoms with van der Waals surface area (Å²) in [5.41, 5.74) is 5.76. The quantitative estimate of drug-likeness (QED) is 0.645. The number of benzene rings is 2. The molecule has 174 valence electrons. The number of anilines is 1. The van der Waals surface area contributed by atoms with Crippen molar-refractivity contribution in [1.82, 2.24) is 19.8 Å². The van der Waals surface area contributed by atoms with E-state index in [1.165, 1.54) is 0 Å². The summed E-state index contributed by atoms with van der Waals surface area (Å²) in [6.45, 7) is 14.0. The van der Waals surface area contributed by atoms with Crippen LogP contribution in [-0.4, -0.2) is 90.4 Å². The van der Waals surface area contributed by atoms with E-state index >= 15 is 0 Å². The summed E-state index contributed by atoms with van der Waals surface area (Å²) < 4.78 is 5.45. The maximum absolute atomic E-state index is 10.1. The lowest BCUT2D eigenvalue weighted by Gasteiger charge is -2.36. The normalized spacial score (nSPS) is 18.2. The molecule has 1 N–H and O–H groups in total. The van der Waals surface area contributed by atoms with Crippen molar-refractivity contribution in [1.29, 1.82) is 0 Å². The van der Waals surface area contributed by atoms with Gasteiger partial charge in [0.15, 0.2) is 0 Å². The van der Waals surface area contributed by atoms with Gasteiger partial charge in [0.2, 0.25) is 0 Å². The van der Waals surface area contributed by atoms with Crippen molar-refractivity contribution in [3.63, 3.8) is 0 Å². The second-order valence-corrected chi connectivity index (χ2v) is 9.17. The van der Waals surface area contributed by atoms with Gasteiger partial charge in [0.05, 0.1) is 30.4 Å². The lowest BCUT2D eigenvalue weighted by molar-refractivity contribution is 0.0331. The predicted molar refractivity (Wildman–Crippen MR) is 132 cm³/mol. The van der Waals surface area contributed by atoms with Crippen LogP contribution in [0.4, 0.5) is 5.82 Å². The molecule has 7 heteroatoms. The number of aromatic nitrogens is 2. The topological polar surface area (TPSA) is 65.0 Å². The number of aromatic hydroxyl groups is 1. The Morgan fingerprint density at radius 3 is 2.18 bits per heavy atom. The van der Waals surface area contributed by atoms with Crippen LogP contribution in [0.2, 0.25) is 0 Å². The van der Waals surface area contributed by atoms with Crippen molar-refractivity contribution < 1.29 is 9.84 Å². The van der Waals surface area contributed by atoms with E-state index in [2.05, 4.69) is 31.8 Å². The molecule has 33 heavy (non-hydrogen) atoms. The Bertz CT molecular complexity index is 1100. The van der Waals surface area contributed by atoms with Gasteiger partial charge < -0.3 is 14.7 Å². The van der Waals surface area contributed by atoms with Gasteiger partial charge in [-0.15, -0.1) is 0 Å². The van der Waals surface area contributed by atoms with Crippen molar-refractivity contribution in [3.8, 4) is 16.9 Å². The Kier molecular flexibility index (Phi) is 6.44. The minimum absolute atomic E-state index is 0.366. The molecule has 0 bridgehead atoms. The van der Waals surface area contributed by atoms with Gasteiger partial charge in [0.25, 0.3) is 0 Å². The molecule has 5 rings (SSSR count). The molecule has 0 atom stereocenters. The molecule has 2 aromatic carbocycles. The van der Waals surface area contributed by atoms with Crippen LogP contribution in [0.25, 0.3) is 22.2 Å². The van der Waals surface area contributed by atoms with Gasteiger partial charge in [0.1, 0.15) is 11.6 Å². The molecule has 0 radical (unpaired) electrons. The second-order valence-electron chi connectivity index (χ2n) is 9.17. The first-order chi connectivity index (χ1) is 16.1. The number of morpholine rings is 1. The first kappa shape index (κ1) is 22.1. The third-order valence-electron chi connectivity index (χ3n) is 6.89. The van der Waals surface area contributed by atoms with Crippen molar-refractivity contribution in [2.75, 3.05) is 70.5 Å². The van der Waals surface area contributed by atoms with E-state index in [-0.39, 0.29) is 0 Å². The van der Waals surface area contributed by atoms with Gasteiger partial charge in [-0.3, -0.25) is 14.8 Å². The molecule has 0 spiro atoms. The van der Waals surface area contributed by atoms with Gasteiger partial charge in [-0.2, -0.15) is 0 Å². The Hall–Kier alpha value is -2.74. The fraction of sp³-hybridized carbons (Fsp3) is 0.462. The number of rotatable bonds is 5. The average Bonchev–Trinajstić information content (AvgIpc) is 2.86. The van der Waals surface area contributed by atoms with Gasteiger partial charge in [-0.05, 0) is 60.4 Å². The highest BCUT2D eigenvalue weighted by atomic mass is 16.5. The number of hydrogen-bond acceptors (Lipinski definition) is 7. The van der Waals surface area contributed by atoms with E-state index in [4.69, 9.17) is 9.72 Å². The van der Waals surface area contributed by atoms with Crippen LogP contribution in [0.15, 0.2) is 36.5 Å². The molecule has 7 nitrogen and oxygen atoms in total. The van der Waals surface area contributed by atoms with Gasteiger partial charge in [0, 0.05) is 52.4 Å². The summed E-state index contributed by atoms with van der Waals surface area (Å²) in [7, 11) is 0. The Labute approximate surface area is 195 Å². The fourth-order valence-corrected chi connectivity index (χ4v) is 4.76. The molecule has 0 amide bonds. The Morgan fingerprint density at radius 1 is 0.818 bits per heavy atom. The molecule has 2 aliphatic rings. The zero-order chi connectivity index (χ0) is 22.8. The number of hydrogen-bond donors (Lipinski definition) is 1. The number of ether oxygens (including phenoxy) is 1. The smallest absolute Gasteiger partial charge is 0.147 e. The summed E-state index contributed by atoms with van der Waals surface area (Å²) in [6.07, 6.45) is 1.90.